The van der Waals surface area contributed by atoms with E-state index in [0.717, 1.165) is 0 Å². The molecule has 0 nitrogen and oxygen atoms in total. The van der Waals surface area contributed by atoms with E-state index in [-0.39, 0.29) is 0 Å². The summed E-state index contributed by atoms with van der Waals surface area (Å²) in [6.45, 7) is 0. The molecule has 0 unspecified atom stereocenters. The van der Waals surface area contributed by atoms with Crippen LogP contribution in [0.25, 0.3) is 60.5 Å². The third kappa shape index (κ3) is 4.97. The molecule has 4 heterocycles. The average molecular weight is 771 g/mol. The van der Waals surface area contributed by atoms with Gasteiger partial charge < -0.3 is 0 Å². The van der Waals surface area contributed by atoms with Gasteiger partial charge in [-0.05, 0) is 79.5 Å². The number of hydrogen-bond donors (Lipinski definition) is 0. The van der Waals surface area contributed by atoms with Crippen LogP contribution in [-0.4, -0.2) is 0 Å². The van der Waals surface area contributed by atoms with Gasteiger partial charge in [-0.1, -0.05) is 121 Å². The van der Waals surface area contributed by atoms with Crippen molar-refractivity contribution in [2.45, 2.75) is 0 Å². The van der Waals surface area contributed by atoms with E-state index in [1.165, 1.54) is 91.7 Å². The van der Waals surface area contributed by atoms with Gasteiger partial charge in [0, 0.05) is 75.8 Å². The summed E-state index contributed by atoms with van der Waals surface area (Å²) < 4.78 is 9.69. The maximum Gasteiger partial charge on any atom is 0.0381 e. The second-order valence-electron chi connectivity index (χ2n) is 12.9. The minimum atomic E-state index is -0.740. The van der Waals surface area contributed by atoms with E-state index in [4.69, 9.17) is 0 Å². The molecule has 0 atom stereocenters. The molecule has 11 rings (SSSR count). The van der Waals surface area contributed by atoms with Gasteiger partial charge in [0.05, 0.1) is 0 Å². The fourth-order valence-electron chi connectivity index (χ4n) is 7.73. The Labute approximate surface area is 319 Å². The molecule has 0 saturated heterocycles. The van der Waals surface area contributed by atoms with Gasteiger partial charge in [0.25, 0.3) is 0 Å². The Hall–Kier alpha value is -4.24. The summed E-state index contributed by atoms with van der Waals surface area (Å²) in [5.41, 5.74) is 0. The third-order valence-corrected chi connectivity index (χ3v) is 19.7. The Bertz CT molecular complexity index is 2990. The van der Waals surface area contributed by atoms with Gasteiger partial charge in [-0.2, -0.15) is 0 Å². The van der Waals surface area contributed by atoms with Crippen molar-refractivity contribution in [1.82, 2.24) is 0 Å². The van der Waals surface area contributed by atoms with Gasteiger partial charge >= 0.3 is 0 Å². The first-order valence-electron chi connectivity index (χ1n) is 17.2. The molecular formula is C46H28P2S4. The topological polar surface area (TPSA) is 0 Å². The summed E-state index contributed by atoms with van der Waals surface area (Å²) in [5, 5.41) is 18.1. The van der Waals surface area contributed by atoms with Gasteiger partial charge in [-0.25, -0.2) is 0 Å². The van der Waals surface area contributed by atoms with Crippen molar-refractivity contribution in [3.05, 3.63) is 169 Å². The summed E-state index contributed by atoms with van der Waals surface area (Å²) in [4.78, 5) is 0. The molecule has 0 bridgehead atoms. The Balaban J connectivity index is 1.22. The van der Waals surface area contributed by atoms with Crippen LogP contribution in [0.3, 0.4) is 0 Å². The first-order valence-corrected chi connectivity index (χ1v) is 23.3. The Morgan fingerprint density at radius 2 is 0.731 bits per heavy atom. The van der Waals surface area contributed by atoms with Crippen molar-refractivity contribution < 1.29 is 0 Å². The summed E-state index contributed by atoms with van der Waals surface area (Å²) >= 11 is 7.78. The number of thiophene rings is 4. The molecule has 4 aromatic heterocycles. The smallest absolute Gasteiger partial charge is 0.0381 e. The minimum absolute atomic E-state index is 0.676. The molecule has 7 aromatic carbocycles. The molecule has 11 aromatic rings. The third-order valence-electron chi connectivity index (χ3n) is 9.92. The molecule has 246 valence electrons. The highest BCUT2D eigenvalue weighted by molar-refractivity contribution is 7.84. The van der Waals surface area contributed by atoms with E-state index in [9.17, 15) is 0 Å². The predicted octanol–water partition coefficient (Wildman–Crippen LogP) is 12.4. The van der Waals surface area contributed by atoms with Crippen molar-refractivity contribution >= 4 is 153 Å². The quantitative estimate of drug-likeness (QED) is 0.148. The van der Waals surface area contributed by atoms with Crippen LogP contribution in [0.2, 0.25) is 0 Å². The molecule has 6 heteroatoms. The zero-order valence-corrected chi connectivity index (χ0v) is 32.7. The standard InChI is InChI=1S/C46H28P2S4/c1-5-13-29(14-6-1)47(30-15-7-2-8-16-30)34-28-49-36-22-24-39-45(43(34)36)46-40(51-39)26-25-38-44(46)42-33-27-41(52-35(33)21-23-37(42)50-38)48(31-17-9-3-10-18-31)32-19-11-4-12-20-32/h1-28H. The highest BCUT2D eigenvalue weighted by atomic mass is 32.1. The van der Waals surface area contributed by atoms with Crippen LogP contribution in [0.5, 0.6) is 0 Å². The SMILES string of the molecule is c1ccc(P(c2ccccc2)c2cc3c(ccc4sc5ccc6sc7ccc8scc(P(c9ccccc9)c9ccccc9)c8c7c6c5c43)s2)cc1. The Morgan fingerprint density at radius 3 is 1.25 bits per heavy atom. The summed E-state index contributed by atoms with van der Waals surface area (Å²) in [6, 6.07) is 61.4. The van der Waals surface area contributed by atoms with E-state index < -0.39 is 15.8 Å². The maximum atomic E-state index is 2.54. The molecule has 0 N–H and O–H groups in total. The van der Waals surface area contributed by atoms with Crippen molar-refractivity contribution in [1.29, 1.82) is 0 Å². The molecular weight excluding hydrogens is 743 g/mol. The van der Waals surface area contributed by atoms with Crippen molar-refractivity contribution in [3.8, 4) is 0 Å². The van der Waals surface area contributed by atoms with E-state index in [0.29, 0.717) is 0 Å². The van der Waals surface area contributed by atoms with Gasteiger partial charge in [0.1, 0.15) is 0 Å². The lowest BCUT2D eigenvalue weighted by molar-refractivity contribution is 1.75. The zero-order valence-electron chi connectivity index (χ0n) is 27.7. The highest BCUT2D eigenvalue weighted by Crippen LogP contribution is 2.51. The predicted molar refractivity (Wildman–Crippen MR) is 240 cm³/mol. The van der Waals surface area contributed by atoms with Gasteiger partial charge in [0.2, 0.25) is 0 Å². The normalized spacial score (nSPS) is 12.2. The largest absolute Gasteiger partial charge is 0.143 e. The molecule has 52 heavy (non-hydrogen) atoms. The fourth-order valence-corrected chi connectivity index (χ4v) is 17.8. The van der Waals surface area contributed by atoms with Gasteiger partial charge in [-0.15, -0.1) is 45.3 Å². The van der Waals surface area contributed by atoms with Crippen molar-refractivity contribution in [2.24, 2.45) is 0 Å². The number of benzene rings is 7. The lowest BCUT2D eigenvalue weighted by Gasteiger charge is -2.19. The fraction of sp³-hybridized carbons (Fsp3) is 0. The highest BCUT2D eigenvalue weighted by Gasteiger charge is 2.25. The lowest BCUT2D eigenvalue weighted by Crippen LogP contribution is -2.19. The minimum Gasteiger partial charge on any atom is -0.143 e. The Morgan fingerprint density at radius 1 is 0.327 bits per heavy atom. The molecule has 0 radical (unpaired) electrons. The van der Waals surface area contributed by atoms with Gasteiger partial charge in [0.15, 0.2) is 0 Å². The number of hydrogen-bond acceptors (Lipinski definition) is 4. The van der Waals surface area contributed by atoms with Crippen molar-refractivity contribution in [2.75, 3.05) is 0 Å². The summed E-state index contributed by atoms with van der Waals surface area (Å²) in [5.74, 6) is 0. The lowest BCUT2D eigenvalue weighted by atomic mass is 10.0. The van der Waals surface area contributed by atoms with E-state index >= 15 is 0 Å². The number of rotatable bonds is 6. The molecule has 0 amide bonds. The molecule has 0 aliphatic carbocycles. The van der Waals surface area contributed by atoms with Crippen molar-refractivity contribution in [3.63, 3.8) is 0 Å². The first-order chi connectivity index (χ1) is 25.8. The summed E-state index contributed by atoms with van der Waals surface area (Å²) in [7, 11) is -1.42. The van der Waals surface area contributed by atoms with Crippen LogP contribution < -0.4 is 31.1 Å². The van der Waals surface area contributed by atoms with Crippen LogP contribution >= 0.6 is 61.2 Å². The second-order valence-corrected chi connectivity index (χ2v) is 21.7. The molecule has 0 spiro atoms. The molecule has 0 aliphatic heterocycles. The molecule has 0 saturated carbocycles. The van der Waals surface area contributed by atoms with Crippen LogP contribution in [-0.2, 0) is 0 Å². The van der Waals surface area contributed by atoms with E-state index in [2.05, 4.69) is 169 Å². The summed E-state index contributed by atoms with van der Waals surface area (Å²) in [6.07, 6.45) is 0. The zero-order chi connectivity index (χ0) is 34.2. The maximum absolute atomic E-state index is 2.54. The molecule has 0 fully saturated rings. The van der Waals surface area contributed by atoms with Crippen LogP contribution in [0, 0.1) is 0 Å². The number of fused-ring (bicyclic) bond motifs is 11. The first kappa shape index (κ1) is 31.3. The van der Waals surface area contributed by atoms with Crippen LogP contribution in [0.15, 0.2) is 169 Å². The molecule has 0 aliphatic rings. The van der Waals surface area contributed by atoms with Gasteiger partial charge in [-0.3, -0.25) is 0 Å². The average Bonchev–Trinajstić information content (AvgIpc) is 3.99. The van der Waals surface area contributed by atoms with E-state index in [1.807, 2.05) is 45.3 Å². The van der Waals surface area contributed by atoms with E-state index in [1.54, 1.807) is 0 Å². The van der Waals surface area contributed by atoms with Crippen LogP contribution in [0.1, 0.15) is 0 Å². The monoisotopic (exact) mass is 770 g/mol. The van der Waals surface area contributed by atoms with Crippen LogP contribution in [0.4, 0.5) is 0 Å². The second kappa shape index (κ2) is 12.7. The Kier molecular flexibility index (Phi) is 7.65.